The maximum Gasteiger partial charge on any atom is 0.265 e. The molecule has 138 valence electrons. The number of anilines is 1. The number of carbonyl (C=O) groups excluding carboxylic acids is 2. The van der Waals surface area contributed by atoms with Gasteiger partial charge in [0.25, 0.3) is 11.8 Å². The zero-order chi connectivity index (χ0) is 19.2. The van der Waals surface area contributed by atoms with E-state index in [-0.39, 0.29) is 5.17 Å². The number of aliphatic imine (C=N–C) groups is 1. The van der Waals surface area contributed by atoms with E-state index in [9.17, 15) is 14.7 Å². The number of thioether (sulfide) groups is 1. The molecule has 2 atom stereocenters. The lowest BCUT2D eigenvalue weighted by atomic mass is 9.91. The molecule has 6 nitrogen and oxygen atoms in total. The number of halogens is 1. The monoisotopic (exact) mass is 445 g/mol. The average molecular weight is 446 g/mol. The summed E-state index contributed by atoms with van der Waals surface area (Å²) in [5, 5.41) is 10.4. The number of nitrogens with zero attached hydrogens (tertiary/aromatic N) is 2. The highest BCUT2D eigenvalue weighted by Crippen LogP contribution is 2.48. The second-order valence-electron chi connectivity index (χ2n) is 6.41. The van der Waals surface area contributed by atoms with E-state index >= 15 is 0 Å². The van der Waals surface area contributed by atoms with E-state index in [2.05, 4.69) is 20.9 Å². The highest BCUT2D eigenvalue weighted by atomic mass is 79.9. The summed E-state index contributed by atoms with van der Waals surface area (Å²) in [7, 11) is 0. The third-order valence-corrected chi connectivity index (χ3v) is 6.37. The van der Waals surface area contributed by atoms with E-state index in [4.69, 9.17) is 5.73 Å². The van der Waals surface area contributed by atoms with Crippen LogP contribution in [0.3, 0.4) is 0 Å². The first-order valence-electron chi connectivity index (χ1n) is 8.34. The van der Waals surface area contributed by atoms with Gasteiger partial charge >= 0.3 is 0 Å². The summed E-state index contributed by atoms with van der Waals surface area (Å²) in [5.41, 5.74) is 5.73. The molecule has 27 heavy (non-hydrogen) atoms. The van der Waals surface area contributed by atoms with Crippen LogP contribution in [0, 0.1) is 0 Å². The van der Waals surface area contributed by atoms with Crippen molar-refractivity contribution in [2.75, 3.05) is 11.4 Å². The summed E-state index contributed by atoms with van der Waals surface area (Å²) >= 11 is 4.31. The second kappa shape index (κ2) is 6.78. The molecule has 0 aliphatic carbocycles. The fraction of sp³-hybridized carbons (Fsp3) is 0.211. The lowest BCUT2D eigenvalue weighted by Crippen LogP contribution is -2.49. The lowest BCUT2D eigenvalue weighted by molar-refractivity contribution is -0.140. The van der Waals surface area contributed by atoms with E-state index in [1.54, 1.807) is 12.1 Å². The molecular formula is C19H16BrN3O3S. The molecule has 2 heterocycles. The molecule has 2 aromatic carbocycles. The van der Waals surface area contributed by atoms with Crippen LogP contribution in [-0.4, -0.2) is 33.9 Å². The third-order valence-electron chi connectivity index (χ3n) is 4.76. The first-order chi connectivity index (χ1) is 12.9. The number of aliphatic hydroxyl groups is 1. The predicted octanol–water partition coefficient (Wildman–Crippen LogP) is 2.18. The number of carbonyl (C=O) groups is 2. The van der Waals surface area contributed by atoms with E-state index in [0.717, 1.165) is 17.3 Å². The standard InChI is InChI=1S/C19H16BrN3O3S/c20-12-6-7-14-13(10-12)19(26,15-16(24)22-18(21)27-15)17(25)23(14)9-8-11-4-2-1-3-5-11/h1-7,10,15,26H,8-9H2,(H2,21,22,24). The van der Waals surface area contributed by atoms with E-state index in [1.807, 2.05) is 36.4 Å². The maximum atomic E-state index is 13.3. The van der Waals surface area contributed by atoms with Crippen molar-refractivity contribution >= 4 is 50.4 Å². The van der Waals surface area contributed by atoms with Crippen LogP contribution in [0.4, 0.5) is 5.69 Å². The molecule has 2 aliphatic rings. The Balaban J connectivity index is 1.71. The van der Waals surface area contributed by atoms with Gasteiger partial charge in [0.15, 0.2) is 10.8 Å². The van der Waals surface area contributed by atoms with Gasteiger partial charge in [-0.2, -0.15) is 4.99 Å². The van der Waals surface area contributed by atoms with Crippen LogP contribution in [0.1, 0.15) is 11.1 Å². The first-order valence-corrected chi connectivity index (χ1v) is 10.0. The fourth-order valence-electron chi connectivity index (χ4n) is 3.47. The van der Waals surface area contributed by atoms with Crippen molar-refractivity contribution in [2.24, 2.45) is 10.7 Å². The lowest BCUT2D eigenvalue weighted by Gasteiger charge is -2.26. The number of amides is 2. The Morgan fingerprint density at radius 1 is 1.22 bits per heavy atom. The van der Waals surface area contributed by atoms with Crippen molar-refractivity contribution in [2.45, 2.75) is 17.3 Å². The third kappa shape index (κ3) is 2.97. The Kier molecular flexibility index (Phi) is 4.57. The van der Waals surface area contributed by atoms with E-state index < -0.39 is 22.7 Å². The van der Waals surface area contributed by atoms with Gasteiger partial charge in [-0.15, -0.1) is 0 Å². The summed E-state index contributed by atoms with van der Waals surface area (Å²) in [4.78, 5) is 30.8. The normalized spacial score (nSPS) is 24.3. The molecule has 0 aromatic heterocycles. The molecule has 8 heteroatoms. The molecule has 0 bridgehead atoms. The number of amidine groups is 1. The molecule has 2 unspecified atom stereocenters. The molecule has 2 amide bonds. The largest absolute Gasteiger partial charge is 0.378 e. The topological polar surface area (TPSA) is 96.0 Å². The van der Waals surface area contributed by atoms with Gasteiger partial charge < -0.3 is 15.7 Å². The van der Waals surface area contributed by atoms with Crippen LogP contribution < -0.4 is 10.6 Å². The van der Waals surface area contributed by atoms with Crippen LogP contribution in [-0.2, 0) is 21.6 Å². The summed E-state index contributed by atoms with van der Waals surface area (Å²) in [6, 6.07) is 15.0. The Hall–Kier alpha value is -2.16. The highest BCUT2D eigenvalue weighted by molar-refractivity contribution is 9.10. The van der Waals surface area contributed by atoms with Crippen molar-refractivity contribution in [3.63, 3.8) is 0 Å². The molecule has 0 spiro atoms. The minimum atomic E-state index is -2.00. The number of hydrogen-bond acceptors (Lipinski definition) is 5. The van der Waals surface area contributed by atoms with Crippen LogP contribution in [0.15, 0.2) is 58.0 Å². The Bertz CT molecular complexity index is 966. The Morgan fingerprint density at radius 3 is 2.63 bits per heavy atom. The Morgan fingerprint density at radius 2 is 1.96 bits per heavy atom. The molecule has 0 saturated carbocycles. The minimum absolute atomic E-state index is 0.0607. The summed E-state index contributed by atoms with van der Waals surface area (Å²) in [6.45, 7) is 0.391. The first kappa shape index (κ1) is 18.2. The van der Waals surface area contributed by atoms with Crippen molar-refractivity contribution in [1.82, 2.24) is 0 Å². The Labute approximate surface area is 168 Å². The van der Waals surface area contributed by atoms with E-state index in [1.165, 1.54) is 4.90 Å². The van der Waals surface area contributed by atoms with Gasteiger partial charge in [0, 0.05) is 16.6 Å². The van der Waals surface area contributed by atoms with Crippen molar-refractivity contribution in [3.8, 4) is 0 Å². The SMILES string of the molecule is NC1=NC(=O)C(C2(O)C(=O)N(CCc3ccccc3)c3ccc(Br)cc32)S1. The quantitative estimate of drug-likeness (QED) is 0.751. The second-order valence-corrected chi connectivity index (χ2v) is 8.45. The zero-order valence-corrected chi connectivity index (χ0v) is 16.5. The molecule has 4 rings (SSSR count). The molecule has 0 radical (unpaired) electrons. The zero-order valence-electron chi connectivity index (χ0n) is 14.1. The van der Waals surface area contributed by atoms with Gasteiger partial charge in [-0.05, 0) is 30.2 Å². The highest BCUT2D eigenvalue weighted by Gasteiger charge is 2.59. The molecular weight excluding hydrogens is 430 g/mol. The molecule has 0 fully saturated rings. The van der Waals surface area contributed by atoms with Crippen molar-refractivity contribution in [1.29, 1.82) is 0 Å². The minimum Gasteiger partial charge on any atom is -0.378 e. The van der Waals surface area contributed by atoms with Gasteiger partial charge in [0.2, 0.25) is 0 Å². The molecule has 0 saturated heterocycles. The fourth-order valence-corrected chi connectivity index (χ4v) is 4.77. The van der Waals surface area contributed by atoms with Crippen LogP contribution in [0.2, 0.25) is 0 Å². The van der Waals surface area contributed by atoms with Gasteiger partial charge in [-0.1, -0.05) is 58.0 Å². The number of rotatable bonds is 4. The van der Waals surface area contributed by atoms with Crippen molar-refractivity contribution < 1.29 is 14.7 Å². The van der Waals surface area contributed by atoms with Gasteiger partial charge in [0.1, 0.15) is 5.25 Å². The number of hydrogen-bond donors (Lipinski definition) is 2. The molecule has 3 N–H and O–H groups in total. The average Bonchev–Trinajstić information content (AvgIpc) is 3.10. The smallest absolute Gasteiger partial charge is 0.265 e. The summed E-state index contributed by atoms with van der Waals surface area (Å²) < 4.78 is 0.710. The van der Waals surface area contributed by atoms with E-state index in [0.29, 0.717) is 28.7 Å². The van der Waals surface area contributed by atoms with Crippen LogP contribution in [0.25, 0.3) is 0 Å². The van der Waals surface area contributed by atoms with Gasteiger partial charge in [-0.3, -0.25) is 9.59 Å². The number of nitrogens with two attached hydrogens (primary N) is 1. The van der Waals surface area contributed by atoms with Gasteiger partial charge in [0.05, 0.1) is 5.69 Å². The number of benzene rings is 2. The molecule has 2 aliphatic heterocycles. The van der Waals surface area contributed by atoms with Crippen LogP contribution >= 0.6 is 27.7 Å². The van der Waals surface area contributed by atoms with Gasteiger partial charge in [-0.25, -0.2) is 0 Å². The predicted molar refractivity (Wildman–Crippen MR) is 109 cm³/mol. The summed E-state index contributed by atoms with van der Waals surface area (Å²) in [6.07, 6.45) is 0.628. The summed E-state index contributed by atoms with van der Waals surface area (Å²) in [5.74, 6) is -1.12. The maximum absolute atomic E-state index is 13.3. The number of fused-ring (bicyclic) bond motifs is 1. The van der Waals surface area contributed by atoms with Crippen LogP contribution in [0.5, 0.6) is 0 Å². The molecule has 2 aromatic rings. The van der Waals surface area contributed by atoms with Crippen molar-refractivity contribution in [3.05, 3.63) is 64.1 Å².